The molecule has 1 fully saturated rings. The predicted octanol–water partition coefficient (Wildman–Crippen LogP) is 4.33. The number of alkyl halides is 3. The van der Waals surface area contributed by atoms with Crippen molar-refractivity contribution in [1.29, 1.82) is 0 Å². The second kappa shape index (κ2) is 5.31. The molecule has 4 heteroatoms. The Balaban J connectivity index is 1.98. The standard InChI is InChI=1S/C14H17F3O/c15-14(16,17)8-7-13(18)12-6-2-5-11(9-12)10-3-1-4-10/h2,5-6,9-10,13,18H,1,3-4,7-8H2. The van der Waals surface area contributed by atoms with Gasteiger partial charge in [0.25, 0.3) is 0 Å². The lowest BCUT2D eigenvalue weighted by Crippen LogP contribution is -2.11. The van der Waals surface area contributed by atoms with E-state index in [2.05, 4.69) is 0 Å². The maximum absolute atomic E-state index is 12.1. The zero-order chi connectivity index (χ0) is 13.2. The Hall–Kier alpha value is -1.03. The summed E-state index contributed by atoms with van der Waals surface area (Å²) in [6, 6.07) is 7.36. The molecular weight excluding hydrogens is 241 g/mol. The summed E-state index contributed by atoms with van der Waals surface area (Å²) < 4.78 is 36.3. The highest BCUT2D eigenvalue weighted by Crippen LogP contribution is 2.37. The third-order valence-corrected chi connectivity index (χ3v) is 3.57. The van der Waals surface area contributed by atoms with Crippen LogP contribution in [0.3, 0.4) is 0 Å². The molecule has 2 rings (SSSR count). The van der Waals surface area contributed by atoms with Gasteiger partial charge in [-0.25, -0.2) is 0 Å². The highest BCUT2D eigenvalue weighted by molar-refractivity contribution is 5.28. The molecule has 0 radical (unpaired) electrons. The second-order valence-electron chi connectivity index (χ2n) is 4.97. The Labute approximate surface area is 105 Å². The van der Waals surface area contributed by atoms with E-state index in [9.17, 15) is 18.3 Å². The average molecular weight is 258 g/mol. The summed E-state index contributed by atoms with van der Waals surface area (Å²) in [5.41, 5.74) is 1.74. The number of rotatable bonds is 4. The summed E-state index contributed by atoms with van der Waals surface area (Å²) in [6.07, 6.45) is -2.94. The summed E-state index contributed by atoms with van der Waals surface area (Å²) in [7, 11) is 0. The van der Waals surface area contributed by atoms with E-state index < -0.39 is 18.7 Å². The smallest absolute Gasteiger partial charge is 0.388 e. The molecule has 0 aromatic heterocycles. The van der Waals surface area contributed by atoms with Gasteiger partial charge in [0, 0.05) is 6.42 Å². The summed E-state index contributed by atoms with van der Waals surface area (Å²) in [6.45, 7) is 0. The van der Waals surface area contributed by atoms with Crippen LogP contribution in [0.15, 0.2) is 24.3 Å². The third-order valence-electron chi connectivity index (χ3n) is 3.57. The average Bonchev–Trinajstić information content (AvgIpc) is 2.23. The van der Waals surface area contributed by atoms with Crippen molar-refractivity contribution in [3.8, 4) is 0 Å². The second-order valence-corrected chi connectivity index (χ2v) is 4.97. The molecule has 1 atom stereocenters. The number of halogens is 3. The van der Waals surface area contributed by atoms with Crippen LogP contribution in [0.2, 0.25) is 0 Å². The molecule has 1 N–H and O–H groups in total. The molecule has 0 aliphatic heterocycles. The fourth-order valence-electron chi connectivity index (χ4n) is 2.23. The lowest BCUT2D eigenvalue weighted by molar-refractivity contribution is -0.140. The van der Waals surface area contributed by atoms with E-state index in [1.54, 1.807) is 6.07 Å². The maximum atomic E-state index is 12.1. The van der Waals surface area contributed by atoms with Crippen LogP contribution in [0.1, 0.15) is 55.3 Å². The van der Waals surface area contributed by atoms with Gasteiger partial charge in [0.1, 0.15) is 0 Å². The summed E-state index contributed by atoms with van der Waals surface area (Å²) in [5, 5.41) is 9.78. The van der Waals surface area contributed by atoms with Gasteiger partial charge in [0.05, 0.1) is 6.10 Å². The minimum absolute atomic E-state index is 0.266. The van der Waals surface area contributed by atoms with E-state index in [0.717, 1.165) is 18.4 Å². The van der Waals surface area contributed by atoms with E-state index in [1.165, 1.54) is 6.42 Å². The Morgan fingerprint density at radius 2 is 2.00 bits per heavy atom. The first-order chi connectivity index (χ1) is 8.46. The summed E-state index contributed by atoms with van der Waals surface area (Å²) in [4.78, 5) is 0. The molecule has 18 heavy (non-hydrogen) atoms. The maximum Gasteiger partial charge on any atom is 0.389 e. The zero-order valence-corrected chi connectivity index (χ0v) is 10.1. The Bertz CT molecular complexity index is 396. The van der Waals surface area contributed by atoms with Crippen LogP contribution in [0.25, 0.3) is 0 Å². The van der Waals surface area contributed by atoms with Crippen LogP contribution in [-0.4, -0.2) is 11.3 Å². The van der Waals surface area contributed by atoms with Gasteiger partial charge in [-0.15, -0.1) is 0 Å². The van der Waals surface area contributed by atoms with Crippen LogP contribution in [0, 0.1) is 0 Å². The molecule has 0 amide bonds. The molecule has 0 heterocycles. The zero-order valence-electron chi connectivity index (χ0n) is 10.1. The van der Waals surface area contributed by atoms with Crippen molar-refractivity contribution in [2.75, 3.05) is 0 Å². The molecule has 1 unspecified atom stereocenters. The Kier molecular flexibility index (Phi) is 3.95. The fourth-order valence-corrected chi connectivity index (χ4v) is 2.23. The lowest BCUT2D eigenvalue weighted by atomic mass is 9.79. The van der Waals surface area contributed by atoms with Crippen LogP contribution in [0.5, 0.6) is 0 Å². The van der Waals surface area contributed by atoms with Gasteiger partial charge in [-0.2, -0.15) is 13.2 Å². The fraction of sp³-hybridized carbons (Fsp3) is 0.571. The number of hydrogen-bond donors (Lipinski definition) is 1. The normalized spacial score (nSPS) is 18.4. The van der Waals surface area contributed by atoms with Crippen molar-refractivity contribution < 1.29 is 18.3 Å². The van der Waals surface area contributed by atoms with Crippen molar-refractivity contribution >= 4 is 0 Å². The first kappa shape index (κ1) is 13.4. The van der Waals surface area contributed by atoms with Gasteiger partial charge in [-0.3, -0.25) is 0 Å². The minimum Gasteiger partial charge on any atom is -0.388 e. The molecule has 0 spiro atoms. The number of hydrogen-bond acceptors (Lipinski definition) is 1. The van der Waals surface area contributed by atoms with Crippen LogP contribution >= 0.6 is 0 Å². The molecule has 1 nitrogen and oxygen atoms in total. The van der Waals surface area contributed by atoms with Gasteiger partial charge in [-0.05, 0) is 36.3 Å². The number of benzene rings is 1. The van der Waals surface area contributed by atoms with E-state index in [4.69, 9.17) is 0 Å². The quantitative estimate of drug-likeness (QED) is 0.852. The van der Waals surface area contributed by atoms with Crippen molar-refractivity contribution in [3.05, 3.63) is 35.4 Å². The van der Waals surface area contributed by atoms with Gasteiger partial charge < -0.3 is 5.11 Å². The molecule has 100 valence electrons. The van der Waals surface area contributed by atoms with Crippen molar-refractivity contribution in [3.63, 3.8) is 0 Å². The molecular formula is C14H17F3O. The number of aliphatic hydroxyl groups excluding tert-OH is 1. The van der Waals surface area contributed by atoms with Crippen molar-refractivity contribution in [2.45, 2.75) is 50.3 Å². The lowest BCUT2D eigenvalue weighted by Gasteiger charge is -2.26. The Morgan fingerprint density at radius 3 is 2.56 bits per heavy atom. The summed E-state index contributed by atoms with van der Waals surface area (Å²) >= 11 is 0. The molecule has 1 aliphatic carbocycles. The molecule has 0 bridgehead atoms. The third kappa shape index (κ3) is 3.48. The van der Waals surface area contributed by atoms with E-state index >= 15 is 0 Å². The largest absolute Gasteiger partial charge is 0.389 e. The van der Waals surface area contributed by atoms with E-state index in [-0.39, 0.29) is 6.42 Å². The van der Waals surface area contributed by atoms with Gasteiger partial charge in [0.15, 0.2) is 0 Å². The van der Waals surface area contributed by atoms with Gasteiger partial charge in [0.2, 0.25) is 0 Å². The van der Waals surface area contributed by atoms with Gasteiger partial charge >= 0.3 is 6.18 Å². The molecule has 1 aromatic carbocycles. The molecule has 1 aromatic rings. The van der Waals surface area contributed by atoms with Crippen molar-refractivity contribution in [1.82, 2.24) is 0 Å². The Morgan fingerprint density at radius 1 is 1.28 bits per heavy atom. The summed E-state index contributed by atoms with van der Waals surface area (Å²) in [5.74, 6) is 0.528. The van der Waals surface area contributed by atoms with Gasteiger partial charge in [-0.1, -0.05) is 30.7 Å². The SMILES string of the molecule is OC(CCC(F)(F)F)c1cccc(C2CCC2)c1. The van der Waals surface area contributed by atoms with Crippen LogP contribution in [0.4, 0.5) is 13.2 Å². The predicted molar refractivity (Wildman–Crippen MR) is 63.3 cm³/mol. The van der Waals surface area contributed by atoms with E-state index in [1.807, 2.05) is 18.2 Å². The van der Waals surface area contributed by atoms with Crippen molar-refractivity contribution in [2.24, 2.45) is 0 Å². The first-order valence-electron chi connectivity index (χ1n) is 6.30. The van der Waals surface area contributed by atoms with E-state index in [0.29, 0.717) is 11.5 Å². The number of aliphatic hydroxyl groups is 1. The monoisotopic (exact) mass is 258 g/mol. The molecule has 1 aliphatic rings. The topological polar surface area (TPSA) is 20.2 Å². The minimum atomic E-state index is -4.20. The molecule has 1 saturated carbocycles. The van der Waals surface area contributed by atoms with Crippen LogP contribution in [-0.2, 0) is 0 Å². The van der Waals surface area contributed by atoms with Crippen LogP contribution < -0.4 is 0 Å². The molecule has 0 saturated heterocycles. The highest BCUT2D eigenvalue weighted by atomic mass is 19.4. The first-order valence-corrected chi connectivity index (χ1v) is 6.30. The highest BCUT2D eigenvalue weighted by Gasteiger charge is 2.28.